The number of rotatable bonds is 5. The first-order valence-corrected chi connectivity index (χ1v) is 6.89. The number of ether oxygens (including phenoxy) is 2. The number of hydrogen-bond acceptors (Lipinski definition) is 4. The summed E-state index contributed by atoms with van der Waals surface area (Å²) in [5.41, 5.74) is 7.96. The third kappa shape index (κ3) is 2.68. The molecule has 0 N–H and O–H groups in total. The lowest BCUT2D eigenvalue weighted by Crippen LogP contribution is -2.52. The molecule has 0 fully saturated rings. The Morgan fingerprint density at radius 1 is 1.23 bits per heavy atom. The smallest absolute Gasteiger partial charge is 0.269 e. The summed E-state index contributed by atoms with van der Waals surface area (Å²) in [7, 11) is 0. The molecule has 1 aliphatic carbocycles. The molecule has 6 heteroatoms. The predicted molar refractivity (Wildman–Crippen MR) is 80.5 cm³/mol. The van der Waals surface area contributed by atoms with Crippen molar-refractivity contribution >= 4 is 5.78 Å². The summed E-state index contributed by atoms with van der Waals surface area (Å²) >= 11 is 0. The van der Waals surface area contributed by atoms with Crippen LogP contribution in [-0.2, 0) is 14.3 Å². The fraction of sp³-hybridized carbons (Fsp3) is 0.312. The van der Waals surface area contributed by atoms with Crippen molar-refractivity contribution in [3.8, 4) is 11.8 Å². The standard InChI is InChI=1S/C16H15N3O3/c1-3-21-15-13(11-10-12-8-6-5-7-9-12)14(20)16(15,18-19-17)22-4-2/h5-9H,3-4H2,1-2H3. The molecule has 112 valence electrons. The lowest BCUT2D eigenvalue weighted by Gasteiger charge is -2.37. The fourth-order valence-electron chi connectivity index (χ4n) is 2.09. The molecule has 0 heterocycles. The summed E-state index contributed by atoms with van der Waals surface area (Å²) in [6, 6.07) is 9.26. The van der Waals surface area contributed by atoms with Crippen molar-refractivity contribution in [1.82, 2.24) is 0 Å². The Morgan fingerprint density at radius 2 is 1.95 bits per heavy atom. The van der Waals surface area contributed by atoms with E-state index >= 15 is 0 Å². The molecule has 0 amide bonds. The van der Waals surface area contributed by atoms with Gasteiger partial charge in [-0.1, -0.05) is 30.0 Å². The van der Waals surface area contributed by atoms with Gasteiger partial charge in [0, 0.05) is 17.1 Å². The Kier molecular flexibility index (Phi) is 4.84. The van der Waals surface area contributed by atoms with Crippen molar-refractivity contribution in [3.63, 3.8) is 0 Å². The zero-order valence-corrected chi connectivity index (χ0v) is 12.4. The minimum atomic E-state index is -1.71. The molecule has 1 unspecified atom stereocenters. The Morgan fingerprint density at radius 3 is 2.55 bits per heavy atom. The monoisotopic (exact) mass is 297 g/mol. The predicted octanol–water partition coefficient (Wildman–Crippen LogP) is 2.95. The number of azide groups is 1. The molecule has 1 aromatic carbocycles. The van der Waals surface area contributed by atoms with Crippen molar-refractivity contribution in [2.75, 3.05) is 13.2 Å². The van der Waals surface area contributed by atoms with Gasteiger partial charge < -0.3 is 9.47 Å². The molecule has 22 heavy (non-hydrogen) atoms. The van der Waals surface area contributed by atoms with E-state index in [1.807, 2.05) is 30.3 Å². The maximum absolute atomic E-state index is 12.3. The van der Waals surface area contributed by atoms with Gasteiger partial charge in [-0.3, -0.25) is 4.79 Å². The van der Waals surface area contributed by atoms with Gasteiger partial charge in [0.2, 0.25) is 5.78 Å². The molecular formula is C16H15N3O3. The van der Waals surface area contributed by atoms with Gasteiger partial charge in [-0.05, 0) is 36.6 Å². The van der Waals surface area contributed by atoms with Gasteiger partial charge in [0.05, 0.1) is 6.61 Å². The quantitative estimate of drug-likeness (QED) is 0.362. The highest BCUT2D eigenvalue weighted by molar-refractivity contribution is 6.15. The molecule has 2 rings (SSSR count). The Labute approximate surface area is 128 Å². The molecule has 1 aliphatic rings. The third-order valence-electron chi connectivity index (χ3n) is 3.00. The molecule has 0 saturated carbocycles. The zero-order chi connectivity index (χ0) is 16.0. The van der Waals surface area contributed by atoms with Crippen LogP contribution in [0.5, 0.6) is 0 Å². The van der Waals surface area contributed by atoms with E-state index in [2.05, 4.69) is 21.9 Å². The van der Waals surface area contributed by atoms with Gasteiger partial charge in [-0.2, -0.15) is 0 Å². The lowest BCUT2D eigenvalue weighted by molar-refractivity contribution is -0.146. The molecule has 0 radical (unpaired) electrons. The van der Waals surface area contributed by atoms with Gasteiger partial charge in [0.25, 0.3) is 5.72 Å². The van der Waals surface area contributed by atoms with E-state index in [9.17, 15) is 4.79 Å². The Hall–Kier alpha value is -2.74. The molecule has 0 saturated heterocycles. The number of hydrogen-bond donors (Lipinski definition) is 0. The molecule has 6 nitrogen and oxygen atoms in total. The van der Waals surface area contributed by atoms with Gasteiger partial charge in [-0.25, -0.2) is 0 Å². The van der Waals surface area contributed by atoms with Crippen LogP contribution in [-0.4, -0.2) is 24.7 Å². The van der Waals surface area contributed by atoms with Crippen molar-refractivity contribution in [2.24, 2.45) is 5.11 Å². The minimum absolute atomic E-state index is 0.183. The van der Waals surface area contributed by atoms with E-state index in [1.54, 1.807) is 13.8 Å². The van der Waals surface area contributed by atoms with E-state index < -0.39 is 11.5 Å². The van der Waals surface area contributed by atoms with E-state index in [0.717, 1.165) is 5.56 Å². The van der Waals surface area contributed by atoms with Crippen molar-refractivity contribution < 1.29 is 14.3 Å². The minimum Gasteiger partial charge on any atom is -0.493 e. The molecule has 1 aromatic rings. The number of carbonyl (C=O) groups is 1. The average Bonchev–Trinajstić information content (AvgIpc) is 2.54. The SMILES string of the molecule is CCOC1=C(C#Cc2ccccc2)C(=O)C1(N=[N+]=[N-])OCC. The summed E-state index contributed by atoms with van der Waals surface area (Å²) in [6.07, 6.45) is 0. The third-order valence-corrected chi connectivity index (χ3v) is 3.00. The van der Waals surface area contributed by atoms with E-state index in [1.165, 1.54) is 0 Å². The van der Waals surface area contributed by atoms with Crippen LogP contribution in [0.4, 0.5) is 0 Å². The van der Waals surface area contributed by atoms with Crippen LogP contribution >= 0.6 is 0 Å². The van der Waals surface area contributed by atoms with Crippen molar-refractivity contribution in [1.29, 1.82) is 0 Å². The number of nitrogens with zero attached hydrogens (tertiary/aromatic N) is 3. The average molecular weight is 297 g/mol. The van der Waals surface area contributed by atoms with Crippen LogP contribution in [0.25, 0.3) is 10.4 Å². The van der Waals surface area contributed by atoms with E-state index in [0.29, 0.717) is 6.61 Å². The summed E-state index contributed by atoms with van der Waals surface area (Å²) < 4.78 is 10.8. The summed E-state index contributed by atoms with van der Waals surface area (Å²) in [5.74, 6) is 5.38. The molecule has 0 aromatic heterocycles. The maximum Gasteiger partial charge on any atom is 0.269 e. The van der Waals surface area contributed by atoms with Gasteiger partial charge in [-0.15, -0.1) is 0 Å². The number of Topliss-reactive ketones (excluding diaryl/α,β-unsaturated/α-hetero) is 1. The largest absolute Gasteiger partial charge is 0.493 e. The fourth-order valence-corrected chi connectivity index (χ4v) is 2.09. The Balaban J connectivity index is 2.44. The summed E-state index contributed by atoms with van der Waals surface area (Å²) in [4.78, 5) is 15.0. The number of ketones is 1. The maximum atomic E-state index is 12.3. The van der Waals surface area contributed by atoms with Gasteiger partial charge in [0.15, 0.2) is 5.76 Å². The lowest BCUT2D eigenvalue weighted by atomic mass is 9.85. The van der Waals surface area contributed by atoms with E-state index in [4.69, 9.17) is 15.0 Å². The van der Waals surface area contributed by atoms with Gasteiger partial charge in [0.1, 0.15) is 5.57 Å². The second kappa shape index (κ2) is 6.81. The van der Waals surface area contributed by atoms with Crippen LogP contribution < -0.4 is 0 Å². The summed E-state index contributed by atoms with van der Waals surface area (Å²) in [5, 5.41) is 3.50. The highest BCUT2D eigenvalue weighted by atomic mass is 16.6. The van der Waals surface area contributed by atoms with Crippen molar-refractivity contribution in [3.05, 3.63) is 57.7 Å². The van der Waals surface area contributed by atoms with Crippen LogP contribution in [0.15, 0.2) is 46.8 Å². The molecule has 1 atom stereocenters. The van der Waals surface area contributed by atoms with Crippen LogP contribution in [0.1, 0.15) is 19.4 Å². The van der Waals surface area contributed by atoms with E-state index in [-0.39, 0.29) is 17.9 Å². The first-order valence-electron chi connectivity index (χ1n) is 6.89. The topological polar surface area (TPSA) is 84.3 Å². The number of benzene rings is 1. The van der Waals surface area contributed by atoms with Crippen LogP contribution in [0.3, 0.4) is 0 Å². The first-order chi connectivity index (χ1) is 10.7. The molecule has 0 spiro atoms. The second-order valence-electron chi connectivity index (χ2n) is 4.35. The molecular weight excluding hydrogens is 282 g/mol. The Bertz CT molecular complexity index is 709. The first kappa shape index (κ1) is 15.6. The molecule has 0 bridgehead atoms. The summed E-state index contributed by atoms with van der Waals surface area (Å²) in [6.45, 7) is 4.00. The number of carbonyl (C=O) groups excluding carboxylic acids is 1. The molecule has 0 aliphatic heterocycles. The normalized spacial score (nSPS) is 19.6. The van der Waals surface area contributed by atoms with Crippen LogP contribution in [0.2, 0.25) is 0 Å². The highest BCUT2D eigenvalue weighted by Gasteiger charge is 2.56. The van der Waals surface area contributed by atoms with Crippen molar-refractivity contribution in [2.45, 2.75) is 19.6 Å². The van der Waals surface area contributed by atoms with Gasteiger partial charge >= 0.3 is 0 Å². The highest BCUT2D eigenvalue weighted by Crippen LogP contribution is 2.40. The zero-order valence-electron chi connectivity index (χ0n) is 12.4. The second-order valence-corrected chi connectivity index (χ2v) is 4.35. The van der Waals surface area contributed by atoms with Crippen LogP contribution in [0, 0.1) is 11.8 Å².